The quantitative estimate of drug-likeness (QED) is 0.443. The topological polar surface area (TPSA) is 105 Å². The summed E-state index contributed by atoms with van der Waals surface area (Å²) in [5.41, 5.74) is 1.62. The van der Waals surface area contributed by atoms with Gasteiger partial charge in [-0.15, -0.1) is 0 Å². The van der Waals surface area contributed by atoms with Gasteiger partial charge in [-0.1, -0.05) is 0 Å². The summed E-state index contributed by atoms with van der Waals surface area (Å²) < 4.78 is 5.37. The number of hydrazine groups is 1. The van der Waals surface area contributed by atoms with Gasteiger partial charge < -0.3 is 20.6 Å². The van der Waals surface area contributed by atoms with Gasteiger partial charge in [0, 0.05) is 25.6 Å². The molecule has 1 aromatic rings. The van der Waals surface area contributed by atoms with Crippen LogP contribution in [0.2, 0.25) is 0 Å². The number of ether oxygens (including phenoxy) is 1. The predicted molar refractivity (Wildman–Crippen MR) is 68.0 cm³/mol. The molecular formula is C11H19N5O2. The largest absolute Gasteiger partial charge is 0.385 e. The zero-order valence-corrected chi connectivity index (χ0v) is 10.6. The summed E-state index contributed by atoms with van der Waals surface area (Å²) in [6, 6.07) is 1.69. The Morgan fingerprint density at radius 3 is 2.89 bits per heavy atom. The molecule has 0 aliphatic carbocycles. The molecule has 2 unspecified atom stereocenters. The van der Waals surface area contributed by atoms with Crippen LogP contribution >= 0.6 is 0 Å². The molecule has 0 saturated carbocycles. The van der Waals surface area contributed by atoms with Crippen molar-refractivity contribution in [1.29, 1.82) is 0 Å². The number of nitrogens with one attached hydrogen (secondary N) is 2. The van der Waals surface area contributed by atoms with Gasteiger partial charge in [0.1, 0.15) is 23.1 Å². The third-order valence-electron chi connectivity index (χ3n) is 3.22. The third-order valence-corrected chi connectivity index (χ3v) is 3.22. The molecule has 1 saturated heterocycles. The van der Waals surface area contributed by atoms with Crippen molar-refractivity contribution in [1.82, 2.24) is 9.97 Å². The number of nitrogens with zero attached hydrogens (tertiary/aromatic N) is 2. The lowest BCUT2D eigenvalue weighted by Crippen LogP contribution is -2.43. The molecule has 2 atom stereocenters. The number of aliphatic hydroxyl groups is 1. The molecule has 0 aromatic carbocycles. The Balaban J connectivity index is 2.04. The Kier molecular flexibility index (Phi) is 3.65. The van der Waals surface area contributed by atoms with E-state index in [2.05, 4.69) is 20.7 Å². The molecule has 1 fully saturated rings. The second kappa shape index (κ2) is 5.05. The van der Waals surface area contributed by atoms with Crippen LogP contribution in [0.3, 0.4) is 0 Å². The highest BCUT2D eigenvalue weighted by Crippen LogP contribution is 2.26. The van der Waals surface area contributed by atoms with Crippen LogP contribution in [0.1, 0.15) is 19.2 Å². The van der Waals surface area contributed by atoms with Crippen LogP contribution in [-0.2, 0) is 4.74 Å². The molecule has 2 heterocycles. The second-order valence-corrected chi connectivity index (χ2v) is 4.55. The van der Waals surface area contributed by atoms with Crippen molar-refractivity contribution >= 4 is 11.6 Å². The lowest BCUT2D eigenvalue weighted by molar-refractivity contribution is -0.0176. The highest BCUT2D eigenvalue weighted by Gasteiger charge is 2.39. The molecule has 1 aliphatic heterocycles. The van der Waals surface area contributed by atoms with Crippen LogP contribution in [0.5, 0.6) is 0 Å². The normalized spacial score (nSPS) is 27.2. The SMILES string of the molecule is Cc1nc(NN)cc(NCC2(O)CCOC2C)n1. The van der Waals surface area contributed by atoms with Crippen LogP contribution in [0.25, 0.3) is 0 Å². The van der Waals surface area contributed by atoms with Crippen molar-refractivity contribution in [3.05, 3.63) is 11.9 Å². The van der Waals surface area contributed by atoms with Gasteiger partial charge in [0.25, 0.3) is 0 Å². The fraction of sp³-hybridized carbons (Fsp3) is 0.636. The first kappa shape index (κ1) is 13.0. The summed E-state index contributed by atoms with van der Waals surface area (Å²) in [6.45, 7) is 4.61. The molecule has 0 bridgehead atoms. The number of anilines is 2. The van der Waals surface area contributed by atoms with Crippen LogP contribution < -0.4 is 16.6 Å². The molecule has 7 nitrogen and oxygen atoms in total. The van der Waals surface area contributed by atoms with E-state index in [4.69, 9.17) is 10.6 Å². The Morgan fingerprint density at radius 1 is 1.56 bits per heavy atom. The zero-order valence-electron chi connectivity index (χ0n) is 10.6. The van der Waals surface area contributed by atoms with E-state index in [1.165, 1.54) is 0 Å². The maximum atomic E-state index is 10.3. The first-order valence-electron chi connectivity index (χ1n) is 5.94. The van der Waals surface area contributed by atoms with Crippen molar-refractivity contribution in [2.45, 2.75) is 32.0 Å². The lowest BCUT2D eigenvalue weighted by atomic mass is 9.97. The molecule has 100 valence electrons. The molecule has 1 aromatic heterocycles. The molecule has 5 N–H and O–H groups in total. The van der Waals surface area contributed by atoms with E-state index in [-0.39, 0.29) is 6.10 Å². The molecule has 2 rings (SSSR count). The Bertz CT molecular complexity index is 428. The second-order valence-electron chi connectivity index (χ2n) is 4.55. The summed E-state index contributed by atoms with van der Waals surface area (Å²) in [5.74, 6) is 7.09. The molecule has 1 aliphatic rings. The smallest absolute Gasteiger partial charge is 0.145 e. The number of hydrogen-bond acceptors (Lipinski definition) is 7. The lowest BCUT2D eigenvalue weighted by Gasteiger charge is -2.26. The van der Waals surface area contributed by atoms with Crippen LogP contribution in [0.15, 0.2) is 6.07 Å². The average Bonchev–Trinajstić information content (AvgIpc) is 2.67. The van der Waals surface area contributed by atoms with Gasteiger partial charge in [-0.3, -0.25) is 0 Å². The Labute approximate surface area is 106 Å². The summed E-state index contributed by atoms with van der Waals surface area (Å²) in [7, 11) is 0. The number of nitrogen functional groups attached to an aromatic ring is 1. The van der Waals surface area contributed by atoms with Crippen molar-refractivity contribution in [2.75, 3.05) is 23.9 Å². The standard InChI is InChI=1S/C11H19N5O2/c1-7-11(17,3-4-18-7)6-13-9-5-10(16-12)15-8(2)14-9/h5,7,17H,3-4,6,12H2,1-2H3,(H2,13,14,15,16). The maximum absolute atomic E-state index is 10.3. The van der Waals surface area contributed by atoms with Crippen LogP contribution in [0, 0.1) is 6.92 Å². The van der Waals surface area contributed by atoms with Crippen LogP contribution in [0.4, 0.5) is 11.6 Å². The average molecular weight is 253 g/mol. The van der Waals surface area contributed by atoms with Crippen molar-refractivity contribution in [2.24, 2.45) is 5.84 Å². The van der Waals surface area contributed by atoms with E-state index in [1.54, 1.807) is 13.0 Å². The van der Waals surface area contributed by atoms with Gasteiger partial charge in [0.15, 0.2) is 0 Å². The van der Waals surface area contributed by atoms with Gasteiger partial charge in [-0.05, 0) is 13.8 Å². The molecule has 0 amide bonds. The molecule has 0 radical (unpaired) electrons. The van der Waals surface area contributed by atoms with Crippen LogP contribution in [-0.4, -0.2) is 39.9 Å². The molecular weight excluding hydrogens is 234 g/mol. The van der Waals surface area contributed by atoms with Gasteiger partial charge in [0.05, 0.1) is 6.10 Å². The fourth-order valence-corrected chi connectivity index (χ4v) is 1.98. The first-order valence-corrected chi connectivity index (χ1v) is 5.94. The van der Waals surface area contributed by atoms with Crippen molar-refractivity contribution < 1.29 is 9.84 Å². The maximum Gasteiger partial charge on any atom is 0.145 e. The summed E-state index contributed by atoms with van der Waals surface area (Å²) in [4.78, 5) is 8.32. The molecule has 18 heavy (non-hydrogen) atoms. The Hall–Kier alpha value is -1.44. The molecule has 7 heteroatoms. The summed E-state index contributed by atoms with van der Waals surface area (Å²) >= 11 is 0. The van der Waals surface area contributed by atoms with E-state index in [1.807, 2.05) is 6.92 Å². The van der Waals surface area contributed by atoms with E-state index in [9.17, 15) is 5.11 Å². The minimum atomic E-state index is -0.852. The monoisotopic (exact) mass is 253 g/mol. The van der Waals surface area contributed by atoms with E-state index in [0.29, 0.717) is 37.0 Å². The summed E-state index contributed by atoms with van der Waals surface area (Å²) in [6.07, 6.45) is 0.438. The van der Waals surface area contributed by atoms with Crippen molar-refractivity contribution in [3.63, 3.8) is 0 Å². The molecule has 0 spiro atoms. The first-order chi connectivity index (χ1) is 8.53. The van der Waals surface area contributed by atoms with E-state index in [0.717, 1.165) is 0 Å². The minimum absolute atomic E-state index is 0.181. The third kappa shape index (κ3) is 2.69. The highest BCUT2D eigenvalue weighted by molar-refractivity contribution is 5.47. The number of aryl methyl sites for hydroxylation is 1. The van der Waals surface area contributed by atoms with Crippen molar-refractivity contribution in [3.8, 4) is 0 Å². The van der Waals surface area contributed by atoms with Gasteiger partial charge >= 0.3 is 0 Å². The van der Waals surface area contributed by atoms with Gasteiger partial charge in [-0.25, -0.2) is 15.8 Å². The minimum Gasteiger partial charge on any atom is -0.385 e. The van der Waals surface area contributed by atoms with E-state index >= 15 is 0 Å². The number of aromatic nitrogens is 2. The van der Waals surface area contributed by atoms with E-state index < -0.39 is 5.60 Å². The Morgan fingerprint density at radius 2 is 2.28 bits per heavy atom. The van der Waals surface area contributed by atoms with Gasteiger partial charge in [0.2, 0.25) is 0 Å². The number of nitrogens with two attached hydrogens (primary N) is 1. The predicted octanol–water partition coefficient (Wildman–Crippen LogP) is 0.0224. The van der Waals surface area contributed by atoms with Gasteiger partial charge in [-0.2, -0.15) is 0 Å². The number of hydrogen-bond donors (Lipinski definition) is 4. The zero-order chi connectivity index (χ0) is 13.2. The number of rotatable bonds is 4. The summed E-state index contributed by atoms with van der Waals surface area (Å²) in [5, 5.41) is 13.4. The highest BCUT2D eigenvalue weighted by atomic mass is 16.5. The fourth-order valence-electron chi connectivity index (χ4n) is 1.98.